The zero-order valence-electron chi connectivity index (χ0n) is 17.4. The quantitative estimate of drug-likeness (QED) is 0.371. The number of aryl methyl sites for hydroxylation is 1. The SMILES string of the molecule is Cc1noc(-c2ccc(-c3ccccc3)cc2)c1NC(=O)OC(C)c1cc(F)ccc1F. The van der Waals surface area contributed by atoms with Crippen LogP contribution >= 0.6 is 0 Å². The Morgan fingerprint density at radius 1 is 0.969 bits per heavy atom. The van der Waals surface area contributed by atoms with Crippen molar-refractivity contribution in [3.05, 3.63) is 95.7 Å². The highest BCUT2D eigenvalue weighted by molar-refractivity contribution is 5.91. The van der Waals surface area contributed by atoms with Crippen LogP contribution in [-0.2, 0) is 4.74 Å². The summed E-state index contributed by atoms with van der Waals surface area (Å²) in [4.78, 5) is 12.4. The second-order valence-corrected chi connectivity index (χ2v) is 7.25. The molecule has 0 fully saturated rings. The van der Waals surface area contributed by atoms with E-state index in [1.165, 1.54) is 6.92 Å². The van der Waals surface area contributed by atoms with Crippen molar-refractivity contribution in [2.75, 3.05) is 5.32 Å². The van der Waals surface area contributed by atoms with Crippen LogP contribution in [0, 0.1) is 18.6 Å². The van der Waals surface area contributed by atoms with Gasteiger partial charge in [-0.25, -0.2) is 13.6 Å². The maximum atomic E-state index is 13.9. The third-order valence-corrected chi connectivity index (χ3v) is 5.02. The maximum Gasteiger partial charge on any atom is 0.412 e. The summed E-state index contributed by atoms with van der Waals surface area (Å²) in [6.45, 7) is 3.14. The summed E-state index contributed by atoms with van der Waals surface area (Å²) in [5, 5.41) is 6.54. The van der Waals surface area contributed by atoms with Crippen molar-refractivity contribution in [1.82, 2.24) is 5.16 Å². The highest BCUT2D eigenvalue weighted by Gasteiger charge is 2.21. The van der Waals surface area contributed by atoms with Crippen molar-refractivity contribution in [3.63, 3.8) is 0 Å². The fourth-order valence-corrected chi connectivity index (χ4v) is 3.34. The first kappa shape index (κ1) is 21.2. The molecule has 0 saturated heterocycles. The van der Waals surface area contributed by atoms with E-state index in [4.69, 9.17) is 9.26 Å². The average molecular weight is 434 g/mol. The lowest BCUT2D eigenvalue weighted by molar-refractivity contribution is 0.119. The highest BCUT2D eigenvalue weighted by Crippen LogP contribution is 2.33. The van der Waals surface area contributed by atoms with Crippen LogP contribution in [0.3, 0.4) is 0 Å². The van der Waals surface area contributed by atoms with Crippen LogP contribution in [0.4, 0.5) is 19.3 Å². The van der Waals surface area contributed by atoms with E-state index in [1.807, 2.05) is 54.6 Å². The predicted molar refractivity (Wildman–Crippen MR) is 117 cm³/mol. The van der Waals surface area contributed by atoms with E-state index < -0.39 is 23.8 Å². The minimum atomic E-state index is -1.00. The second-order valence-electron chi connectivity index (χ2n) is 7.25. The lowest BCUT2D eigenvalue weighted by Gasteiger charge is -2.15. The molecular weight excluding hydrogens is 414 g/mol. The number of carbonyl (C=O) groups is 1. The van der Waals surface area contributed by atoms with Crippen LogP contribution in [0.25, 0.3) is 22.5 Å². The van der Waals surface area contributed by atoms with Crippen LogP contribution in [-0.4, -0.2) is 11.2 Å². The highest BCUT2D eigenvalue weighted by atomic mass is 19.1. The number of carbonyl (C=O) groups excluding carboxylic acids is 1. The molecule has 0 aliphatic rings. The van der Waals surface area contributed by atoms with E-state index in [2.05, 4.69) is 10.5 Å². The molecule has 3 aromatic carbocycles. The molecule has 162 valence electrons. The van der Waals surface area contributed by atoms with Gasteiger partial charge in [0.1, 0.15) is 29.1 Å². The molecule has 0 radical (unpaired) electrons. The van der Waals surface area contributed by atoms with E-state index in [1.54, 1.807) is 6.92 Å². The number of ether oxygens (including phenoxy) is 1. The van der Waals surface area contributed by atoms with Crippen molar-refractivity contribution in [2.24, 2.45) is 0 Å². The van der Waals surface area contributed by atoms with Crippen LogP contribution < -0.4 is 5.32 Å². The molecule has 1 heterocycles. The molecule has 32 heavy (non-hydrogen) atoms. The standard InChI is InChI=1S/C25H20F2N2O3/c1-15-23(28-25(30)31-16(2)21-14-20(26)12-13-22(21)27)24(32-29-15)19-10-8-18(9-11-19)17-6-4-3-5-7-17/h3-14,16H,1-2H3,(H,28,30). The predicted octanol–water partition coefficient (Wildman–Crippen LogP) is 6.90. The second kappa shape index (κ2) is 9.01. The molecule has 0 spiro atoms. The molecule has 7 heteroatoms. The van der Waals surface area contributed by atoms with Gasteiger partial charge in [-0.05, 0) is 43.2 Å². The van der Waals surface area contributed by atoms with Gasteiger partial charge in [0.25, 0.3) is 0 Å². The van der Waals surface area contributed by atoms with Crippen molar-refractivity contribution < 1.29 is 22.8 Å². The zero-order valence-corrected chi connectivity index (χ0v) is 17.4. The van der Waals surface area contributed by atoms with Gasteiger partial charge in [-0.2, -0.15) is 0 Å². The van der Waals surface area contributed by atoms with Gasteiger partial charge in [-0.15, -0.1) is 0 Å². The number of benzene rings is 3. The molecule has 0 bridgehead atoms. The molecule has 1 amide bonds. The third kappa shape index (κ3) is 4.51. The summed E-state index contributed by atoms with van der Waals surface area (Å²) < 4.78 is 38.1. The molecule has 1 unspecified atom stereocenters. The fourth-order valence-electron chi connectivity index (χ4n) is 3.34. The summed E-state index contributed by atoms with van der Waals surface area (Å²) in [5.41, 5.74) is 3.56. The van der Waals surface area contributed by atoms with E-state index >= 15 is 0 Å². The van der Waals surface area contributed by atoms with Gasteiger partial charge in [0.2, 0.25) is 0 Å². The van der Waals surface area contributed by atoms with Crippen molar-refractivity contribution in [2.45, 2.75) is 20.0 Å². The number of amides is 1. The molecule has 1 aromatic heterocycles. The number of hydrogen-bond acceptors (Lipinski definition) is 4. The monoisotopic (exact) mass is 434 g/mol. The summed E-state index contributed by atoms with van der Waals surface area (Å²) in [7, 11) is 0. The Balaban J connectivity index is 1.51. The smallest absolute Gasteiger partial charge is 0.412 e. The molecule has 4 rings (SSSR count). The third-order valence-electron chi connectivity index (χ3n) is 5.02. The van der Waals surface area contributed by atoms with Gasteiger partial charge in [-0.3, -0.25) is 5.32 Å². The summed E-state index contributed by atoms with van der Waals surface area (Å²) in [5.74, 6) is -0.913. The average Bonchev–Trinajstić information content (AvgIpc) is 3.16. The largest absolute Gasteiger partial charge is 0.441 e. The Hall–Kier alpha value is -4.00. The van der Waals surface area contributed by atoms with Gasteiger partial charge in [-0.1, -0.05) is 59.8 Å². The molecular formula is C25H20F2N2O3. The normalized spacial score (nSPS) is 11.8. The molecule has 1 atom stereocenters. The molecule has 0 saturated carbocycles. The Bertz CT molecular complexity index is 1240. The molecule has 5 nitrogen and oxygen atoms in total. The summed E-state index contributed by atoms with van der Waals surface area (Å²) >= 11 is 0. The number of nitrogens with zero attached hydrogens (tertiary/aromatic N) is 1. The van der Waals surface area contributed by atoms with E-state index in [9.17, 15) is 13.6 Å². The summed E-state index contributed by atoms with van der Waals surface area (Å²) in [6.07, 6.45) is -1.84. The van der Waals surface area contributed by atoms with Crippen LogP contribution in [0.2, 0.25) is 0 Å². The van der Waals surface area contributed by atoms with Gasteiger partial charge in [0.05, 0.1) is 0 Å². The van der Waals surface area contributed by atoms with Crippen molar-refractivity contribution >= 4 is 11.8 Å². The Morgan fingerprint density at radius 3 is 2.34 bits per heavy atom. The fraction of sp³-hybridized carbons (Fsp3) is 0.120. The Kier molecular flexibility index (Phi) is 5.98. The Labute approximate surface area is 183 Å². The van der Waals surface area contributed by atoms with Gasteiger partial charge >= 0.3 is 6.09 Å². The van der Waals surface area contributed by atoms with E-state index in [0.717, 1.165) is 29.3 Å². The van der Waals surface area contributed by atoms with Crippen LogP contribution in [0.1, 0.15) is 24.3 Å². The number of aromatic nitrogens is 1. The Morgan fingerprint density at radius 2 is 1.62 bits per heavy atom. The van der Waals surface area contributed by atoms with Crippen LogP contribution in [0.15, 0.2) is 77.3 Å². The maximum absolute atomic E-state index is 13.9. The van der Waals surface area contributed by atoms with Crippen molar-refractivity contribution in [1.29, 1.82) is 0 Å². The number of nitrogens with one attached hydrogen (secondary N) is 1. The topological polar surface area (TPSA) is 64.4 Å². The molecule has 0 aliphatic carbocycles. The number of hydrogen-bond donors (Lipinski definition) is 1. The van der Waals surface area contributed by atoms with E-state index in [-0.39, 0.29) is 5.56 Å². The zero-order chi connectivity index (χ0) is 22.7. The lowest BCUT2D eigenvalue weighted by Crippen LogP contribution is -2.17. The lowest BCUT2D eigenvalue weighted by atomic mass is 10.0. The minimum absolute atomic E-state index is 0.0566. The van der Waals surface area contributed by atoms with Gasteiger partial charge in [0, 0.05) is 11.1 Å². The first-order valence-corrected chi connectivity index (χ1v) is 9.97. The molecule has 4 aromatic rings. The molecule has 1 N–H and O–H groups in total. The molecule has 0 aliphatic heterocycles. The van der Waals surface area contributed by atoms with Crippen LogP contribution in [0.5, 0.6) is 0 Å². The first-order valence-electron chi connectivity index (χ1n) is 9.97. The number of anilines is 1. The van der Waals surface area contributed by atoms with Crippen molar-refractivity contribution in [3.8, 4) is 22.5 Å². The number of rotatable bonds is 5. The van der Waals surface area contributed by atoms with Gasteiger partial charge < -0.3 is 9.26 Å². The number of halogens is 2. The van der Waals surface area contributed by atoms with E-state index in [0.29, 0.717) is 22.7 Å². The van der Waals surface area contributed by atoms with Gasteiger partial charge in [0.15, 0.2) is 5.76 Å². The minimum Gasteiger partial charge on any atom is -0.441 e. The first-order chi connectivity index (χ1) is 15.4. The summed E-state index contributed by atoms with van der Waals surface area (Å²) in [6, 6.07) is 20.5.